The van der Waals surface area contributed by atoms with Crippen LogP contribution in [0.1, 0.15) is 11.1 Å². The largest absolute Gasteiger partial charge is 0.419 e. The Kier molecular flexibility index (Phi) is 3.92. The molecule has 2 rings (SSSR count). The fourth-order valence-corrected chi connectivity index (χ4v) is 1.70. The minimum atomic E-state index is -4.75. The van der Waals surface area contributed by atoms with E-state index in [4.69, 9.17) is 0 Å². The van der Waals surface area contributed by atoms with E-state index < -0.39 is 23.4 Å². The Morgan fingerprint density at radius 2 is 1.60 bits per heavy atom. The van der Waals surface area contributed by atoms with Gasteiger partial charge in [0, 0.05) is 6.54 Å². The van der Waals surface area contributed by atoms with Crippen LogP contribution in [0.4, 0.5) is 27.6 Å². The summed E-state index contributed by atoms with van der Waals surface area (Å²) in [6.07, 6.45) is -4.75. The van der Waals surface area contributed by atoms with E-state index in [0.717, 1.165) is 6.07 Å². The zero-order valence-corrected chi connectivity index (χ0v) is 10.1. The lowest BCUT2D eigenvalue weighted by Crippen LogP contribution is -2.10. The Morgan fingerprint density at radius 1 is 0.900 bits per heavy atom. The van der Waals surface area contributed by atoms with Crippen molar-refractivity contribution in [2.75, 3.05) is 5.32 Å². The maximum absolute atomic E-state index is 13.3. The van der Waals surface area contributed by atoms with Gasteiger partial charge in [-0.3, -0.25) is 0 Å². The minimum absolute atomic E-state index is 0.0374. The highest BCUT2D eigenvalue weighted by Gasteiger charge is 2.34. The van der Waals surface area contributed by atoms with E-state index in [1.807, 2.05) is 0 Å². The van der Waals surface area contributed by atoms with Crippen molar-refractivity contribution in [3.8, 4) is 0 Å². The van der Waals surface area contributed by atoms with E-state index in [1.165, 1.54) is 24.3 Å². The van der Waals surface area contributed by atoms with Crippen LogP contribution in [0.2, 0.25) is 0 Å². The van der Waals surface area contributed by atoms with E-state index >= 15 is 0 Å². The van der Waals surface area contributed by atoms with Gasteiger partial charge in [0.25, 0.3) is 0 Å². The first kappa shape index (κ1) is 14.3. The lowest BCUT2D eigenvalue weighted by Gasteiger charge is -2.11. The van der Waals surface area contributed by atoms with E-state index in [0.29, 0.717) is 6.07 Å². The highest BCUT2D eigenvalue weighted by Crippen LogP contribution is 2.32. The number of hydrogen-bond acceptors (Lipinski definition) is 1. The number of halogens is 5. The summed E-state index contributed by atoms with van der Waals surface area (Å²) in [5, 5.41) is 2.66. The van der Waals surface area contributed by atoms with Crippen molar-refractivity contribution < 1.29 is 22.0 Å². The molecule has 0 aromatic heterocycles. The molecule has 0 spiro atoms. The van der Waals surface area contributed by atoms with Crippen LogP contribution in [0.15, 0.2) is 42.5 Å². The average Bonchev–Trinajstić information content (AvgIpc) is 2.38. The smallest absolute Gasteiger partial charge is 0.379 e. The highest BCUT2D eigenvalue weighted by atomic mass is 19.4. The summed E-state index contributed by atoms with van der Waals surface area (Å²) in [7, 11) is 0. The van der Waals surface area contributed by atoms with Crippen molar-refractivity contribution in [1.29, 1.82) is 0 Å². The van der Waals surface area contributed by atoms with Crippen LogP contribution in [0, 0.1) is 11.6 Å². The molecule has 0 aliphatic heterocycles. The van der Waals surface area contributed by atoms with Crippen LogP contribution in [-0.4, -0.2) is 0 Å². The third kappa shape index (κ3) is 3.26. The number of anilines is 1. The summed E-state index contributed by atoms with van der Waals surface area (Å²) < 4.78 is 64.0. The Hall–Kier alpha value is -2.11. The molecule has 1 nitrogen and oxygen atoms in total. The Balaban J connectivity index is 2.17. The minimum Gasteiger partial charge on any atom is -0.379 e. The van der Waals surface area contributed by atoms with Crippen molar-refractivity contribution in [1.82, 2.24) is 0 Å². The molecule has 2 aromatic rings. The second kappa shape index (κ2) is 5.48. The van der Waals surface area contributed by atoms with Crippen molar-refractivity contribution in [3.05, 3.63) is 65.2 Å². The third-order valence-electron chi connectivity index (χ3n) is 2.69. The molecule has 20 heavy (non-hydrogen) atoms. The van der Waals surface area contributed by atoms with Gasteiger partial charge in [0.05, 0.1) is 11.3 Å². The fourth-order valence-electron chi connectivity index (χ4n) is 1.70. The van der Waals surface area contributed by atoms with Gasteiger partial charge in [-0.25, -0.2) is 8.78 Å². The maximum atomic E-state index is 13.3. The van der Waals surface area contributed by atoms with Crippen LogP contribution < -0.4 is 5.32 Å². The van der Waals surface area contributed by atoms with Gasteiger partial charge >= 0.3 is 6.18 Å². The highest BCUT2D eigenvalue weighted by molar-refractivity contribution is 5.45. The summed E-state index contributed by atoms with van der Waals surface area (Å²) in [5.74, 6) is -1.84. The van der Waals surface area contributed by atoms with E-state index in [1.54, 1.807) is 6.07 Å². The van der Waals surface area contributed by atoms with Crippen molar-refractivity contribution in [3.63, 3.8) is 0 Å². The summed E-state index contributed by atoms with van der Waals surface area (Å²) >= 11 is 0. The summed E-state index contributed by atoms with van der Waals surface area (Å²) in [4.78, 5) is 0. The molecular weight excluding hydrogens is 277 g/mol. The molecular formula is C14H10F5N. The maximum Gasteiger partial charge on any atom is 0.419 e. The Labute approximate surface area is 112 Å². The van der Waals surface area contributed by atoms with Gasteiger partial charge in [-0.05, 0) is 29.8 Å². The first-order valence-electron chi connectivity index (χ1n) is 5.72. The van der Waals surface area contributed by atoms with Crippen LogP contribution in [0.5, 0.6) is 0 Å². The summed E-state index contributed by atoms with van der Waals surface area (Å²) in [6, 6.07) is 8.47. The predicted octanol–water partition coefficient (Wildman–Crippen LogP) is 4.60. The molecule has 0 aliphatic carbocycles. The van der Waals surface area contributed by atoms with Crippen molar-refractivity contribution in [2.45, 2.75) is 12.7 Å². The van der Waals surface area contributed by atoms with Gasteiger partial charge in [-0.2, -0.15) is 13.2 Å². The number of alkyl halides is 3. The molecule has 0 aliphatic rings. The fraction of sp³-hybridized carbons (Fsp3) is 0.143. The second-order valence-electron chi connectivity index (χ2n) is 4.15. The predicted molar refractivity (Wildman–Crippen MR) is 65.1 cm³/mol. The molecule has 1 N–H and O–H groups in total. The number of para-hydroxylation sites is 1. The van der Waals surface area contributed by atoms with Gasteiger partial charge in [-0.1, -0.05) is 18.2 Å². The van der Waals surface area contributed by atoms with Crippen LogP contribution >= 0.6 is 0 Å². The normalized spacial score (nSPS) is 11.4. The van der Waals surface area contributed by atoms with Gasteiger partial charge in [0.2, 0.25) is 0 Å². The summed E-state index contributed by atoms with van der Waals surface area (Å²) in [6.45, 7) is -0.0374. The first-order chi connectivity index (χ1) is 9.38. The SMILES string of the molecule is Fc1ccccc1NCc1ccc(F)c(C(F)(F)F)c1. The number of hydrogen-bond donors (Lipinski definition) is 1. The number of rotatable bonds is 3. The lowest BCUT2D eigenvalue weighted by atomic mass is 10.1. The molecule has 0 atom stereocenters. The van der Waals surface area contributed by atoms with Gasteiger partial charge in [-0.15, -0.1) is 0 Å². The van der Waals surface area contributed by atoms with E-state index in [2.05, 4.69) is 5.32 Å². The van der Waals surface area contributed by atoms with Gasteiger partial charge in [0.15, 0.2) is 0 Å². The monoisotopic (exact) mass is 287 g/mol. The summed E-state index contributed by atoms with van der Waals surface area (Å²) in [5.41, 5.74) is -0.947. The van der Waals surface area contributed by atoms with E-state index in [9.17, 15) is 22.0 Å². The van der Waals surface area contributed by atoms with Gasteiger partial charge in [0.1, 0.15) is 11.6 Å². The molecule has 0 heterocycles. The van der Waals surface area contributed by atoms with Crippen LogP contribution in [0.3, 0.4) is 0 Å². The molecule has 0 saturated heterocycles. The van der Waals surface area contributed by atoms with Crippen molar-refractivity contribution >= 4 is 5.69 Å². The molecule has 6 heteroatoms. The average molecular weight is 287 g/mol. The molecule has 2 aromatic carbocycles. The molecule has 106 valence electrons. The standard InChI is InChI=1S/C14H10F5N/c15-11-6-5-9(7-10(11)14(17,18)19)8-20-13-4-2-1-3-12(13)16/h1-7,20H,8H2. The second-order valence-corrected chi connectivity index (χ2v) is 4.15. The number of nitrogens with one attached hydrogen (secondary N) is 1. The van der Waals surface area contributed by atoms with Crippen LogP contribution in [-0.2, 0) is 12.7 Å². The molecule has 0 amide bonds. The van der Waals surface area contributed by atoms with Crippen molar-refractivity contribution in [2.24, 2.45) is 0 Å². The van der Waals surface area contributed by atoms with Crippen LogP contribution in [0.25, 0.3) is 0 Å². The molecule has 0 fully saturated rings. The molecule has 0 unspecified atom stereocenters. The van der Waals surface area contributed by atoms with E-state index in [-0.39, 0.29) is 17.8 Å². The lowest BCUT2D eigenvalue weighted by molar-refractivity contribution is -0.140. The third-order valence-corrected chi connectivity index (χ3v) is 2.69. The molecule has 0 bridgehead atoms. The molecule has 0 radical (unpaired) electrons. The molecule has 0 saturated carbocycles. The first-order valence-corrected chi connectivity index (χ1v) is 5.72. The number of benzene rings is 2. The zero-order chi connectivity index (χ0) is 14.8. The quantitative estimate of drug-likeness (QED) is 0.814. The zero-order valence-electron chi connectivity index (χ0n) is 10.1. The Morgan fingerprint density at radius 3 is 2.25 bits per heavy atom. The van der Waals surface area contributed by atoms with Gasteiger partial charge < -0.3 is 5.32 Å². The Bertz CT molecular complexity index is 607. The topological polar surface area (TPSA) is 12.0 Å².